The quantitative estimate of drug-likeness (QED) is 0.185. The van der Waals surface area contributed by atoms with Crippen molar-refractivity contribution in [3.05, 3.63) is 217 Å². The molecule has 1 heteroatoms. The molecular weight excluding hydrogens is 603 g/mol. The lowest BCUT2D eigenvalue weighted by Crippen LogP contribution is -2.43. The highest BCUT2D eigenvalue weighted by Crippen LogP contribution is 2.70. The predicted molar refractivity (Wildman–Crippen MR) is 208 cm³/mol. The number of para-hydroxylation sites is 1. The van der Waals surface area contributed by atoms with Gasteiger partial charge in [0.25, 0.3) is 0 Å². The Morgan fingerprint density at radius 1 is 0.460 bits per heavy atom. The number of hydrogen-bond donors (Lipinski definition) is 0. The van der Waals surface area contributed by atoms with E-state index < -0.39 is 0 Å². The van der Waals surface area contributed by atoms with E-state index in [0.717, 1.165) is 0 Å². The van der Waals surface area contributed by atoms with Crippen LogP contribution in [0, 0.1) is 29.6 Å². The standard InChI is InChI=1S/C49H39N/c1-3-17-34(18-4-1)36-21-15-22-37(33-36)50(46-31-14-10-23-38(46)35-19-5-2-6-20-35)47-32-16-30-45-48(47)41-26-9-13-29-44(41)49(45)42-27-11-7-24-39(42)40-25-8-12-28-43(40)49/h1-33,39-40,42-43,45,48H. The lowest BCUT2D eigenvalue weighted by molar-refractivity contribution is 0.223. The molecule has 5 aromatic rings. The molecule has 0 amide bonds. The maximum Gasteiger partial charge on any atom is 0.0537 e. The summed E-state index contributed by atoms with van der Waals surface area (Å²) in [6, 6.07) is 49.2. The van der Waals surface area contributed by atoms with Crippen LogP contribution in [0.15, 0.2) is 206 Å². The highest BCUT2D eigenvalue weighted by atomic mass is 15.2. The Hall–Kier alpha value is -5.66. The molecule has 0 saturated heterocycles. The van der Waals surface area contributed by atoms with E-state index in [0.29, 0.717) is 29.6 Å². The lowest BCUT2D eigenvalue weighted by atomic mass is 9.59. The summed E-state index contributed by atoms with van der Waals surface area (Å²) in [5.41, 5.74) is 11.6. The zero-order chi connectivity index (χ0) is 33.1. The second-order valence-corrected chi connectivity index (χ2v) is 14.4. The van der Waals surface area contributed by atoms with Gasteiger partial charge in [-0.15, -0.1) is 0 Å². The molecule has 240 valence electrons. The van der Waals surface area contributed by atoms with Gasteiger partial charge in [0.05, 0.1) is 5.69 Å². The minimum absolute atomic E-state index is 0.0500. The Labute approximate surface area is 295 Å². The summed E-state index contributed by atoms with van der Waals surface area (Å²) in [5, 5.41) is 0. The second kappa shape index (κ2) is 11.7. The second-order valence-electron chi connectivity index (χ2n) is 14.4. The van der Waals surface area contributed by atoms with Crippen molar-refractivity contribution in [1.29, 1.82) is 0 Å². The lowest BCUT2D eigenvalue weighted by Gasteiger charge is -2.45. The first-order chi connectivity index (χ1) is 24.8. The number of hydrogen-bond acceptors (Lipinski definition) is 1. The van der Waals surface area contributed by atoms with Gasteiger partial charge in [-0.05, 0) is 75.8 Å². The van der Waals surface area contributed by atoms with Gasteiger partial charge in [-0.3, -0.25) is 0 Å². The summed E-state index contributed by atoms with van der Waals surface area (Å²) >= 11 is 0. The number of nitrogens with zero attached hydrogens (tertiary/aromatic N) is 1. The molecule has 0 heterocycles. The molecule has 6 atom stereocenters. The molecule has 0 bridgehead atoms. The van der Waals surface area contributed by atoms with Crippen LogP contribution < -0.4 is 4.90 Å². The summed E-state index contributed by atoms with van der Waals surface area (Å²) in [6.45, 7) is 0. The molecule has 0 aliphatic heterocycles. The average molecular weight is 642 g/mol. The van der Waals surface area contributed by atoms with Gasteiger partial charge in [0, 0.05) is 34.2 Å². The number of rotatable bonds is 5. The molecular formula is C49H39N. The zero-order valence-electron chi connectivity index (χ0n) is 28.0. The maximum absolute atomic E-state index is 2.59. The molecule has 50 heavy (non-hydrogen) atoms. The molecule has 1 nitrogen and oxygen atoms in total. The molecule has 10 rings (SSSR count). The normalized spacial score (nSPS) is 27.8. The predicted octanol–water partition coefficient (Wildman–Crippen LogP) is 12.0. The van der Waals surface area contributed by atoms with E-state index >= 15 is 0 Å². The molecule has 1 spiro atoms. The van der Waals surface area contributed by atoms with Crippen molar-refractivity contribution in [3.63, 3.8) is 0 Å². The number of anilines is 2. The van der Waals surface area contributed by atoms with Crippen LogP contribution in [0.2, 0.25) is 0 Å². The Morgan fingerprint density at radius 2 is 1.06 bits per heavy atom. The fourth-order valence-corrected chi connectivity index (χ4v) is 10.4. The molecule has 0 radical (unpaired) electrons. The van der Waals surface area contributed by atoms with Gasteiger partial charge >= 0.3 is 0 Å². The van der Waals surface area contributed by atoms with Crippen molar-refractivity contribution in [1.82, 2.24) is 0 Å². The van der Waals surface area contributed by atoms with Crippen LogP contribution in [0.5, 0.6) is 0 Å². The van der Waals surface area contributed by atoms with Gasteiger partial charge < -0.3 is 4.90 Å². The minimum atomic E-state index is -0.0500. The monoisotopic (exact) mass is 641 g/mol. The third-order valence-electron chi connectivity index (χ3n) is 12.2. The number of allylic oxidation sites excluding steroid dienone is 12. The summed E-state index contributed by atoms with van der Waals surface area (Å²) in [5.74, 6) is 2.30. The largest absolute Gasteiger partial charge is 0.313 e. The van der Waals surface area contributed by atoms with Gasteiger partial charge in [-0.2, -0.15) is 0 Å². The zero-order valence-corrected chi connectivity index (χ0v) is 28.0. The average Bonchev–Trinajstić information content (AvgIpc) is 3.67. The molecule has 0 aromatic heterocycles. The van der Waals surface area contributed by atoms with Crippen molar-refractivity contribution in [2.45, 2.75) is 11.3 Å². The van der Waals surface area contributed by atoms with Gasteiger partial charge in [-0.25, -0.2) is 0 Å². The minimum Gasteiger partial charge on any atom is -0.313 e. The fourth-order valence-electron chi connectivity index (χ4n) is 10.4. The Morgan fingerprint density at radius 3 is 1.82 bits per heavy atom. The van der Waals surface area contributed by atoms with E-state index in [1.165, 1.54) is 50.5 Å². The van der Waals surface area contributed by atoms with Gasteiger partial charge in [-0.1, -0.05) is 176 Å². The fraction of sp³-hybridized carbons (Fsp3) is 0.143. The van der Waals surface area contributed by atoms with Gasteiger partial charge in [0.15, 0.2) is 0 Å². The SMILES string of the molecule is C1=CC2C3C=CC=CC3C3(c4ccccc4C4C(N(c5cccc(-c6ccccc6)c5)c5ccccc5-c5ccccc5)=CC=CC43)C2C=C1. The van der Waals surface area contributed by atoms with E-state index in [1.807, 2.05) is 0 Å². The first-order valence-electron chi connectivity index (χ1n) is 18.1. The summed E-state index contributed by atoms with van der Waals surface area (Å²) in [4.78, 5) is 2.59. The third-order valence-corrected chi connectivity index (χ3v) is 12.2. The Bertz CT molecular complexity index is 2230. The van der Waals surface area contributed by atoms with Crippen LogP contribution in [-0.2, 0) is 5.41 Å². The van der Waals surface area contributed by atoms with Crippen LogP contribution in [0.25, 0.3) is 22.3 Å². The highest BCUT2D eigenvalue weighted by molar-refractivity contribution is 5.86. The number of benzene rings is 5. The molecule has 6 unspecified atom stereocenters. The molecule has 1 fully saturated rings. The van der Waals surface area contributed by atoms with Crippen molar-refractivity contribution in [2.75, 3.05) is 4.90 Å². The molecule has 1 saturated carbocycles. The molecule has 5 aliphatic rings. The van der Waals surface area contributed by atoms with Crippen LogP contribution in [0.4, 0.5) is 11.4 Å². The summed E-state index contributed by atoms with van der Waals surface area (Å²) < 4.78 is 0. The van der Waals surface area contributed by atoms with E-state index in [4.69, 9.17) is 0 Å². The van der Waals surface area contributed by atoms with Gasteiger partial charge in [0.1, 0.15) is 0 Å². The third kappa shape index (κ3) is 4.26. The van der Waals surface area contributed by atoms with Crippen molar-refractivity contribution >= 4 is 11.4 Å². The smallest absolute Gasteiger partial charge is 0.0537 e. The van der Waals surface area contributed by atoms with Gasteiger partial charge in [0.2, 0.25) is 0 Å². The molecule has 5 aliphatic carbocycles. The Balaban J connectivity index is 1.20. The van der Waals surface area contributed by atoms with E-state index in [9.17, 15) is 0 Å². The van der Waals surface area contributed by atoms with Crippen LogP contribution in [0.1, 0.15) is 17.0 Å². The highest BCUT2D eigenvalue weighted by Gasteiger charge is 2.66. The van der Waals surface area contributed by atoms with Crippen LogP contribution in [0.3, 0.4) is 0 Å². The summed E-state index contributed by atoms with van der Waals surface area (Å²) in [6.07, 6.45) is 26.6. The van der Waals surface area contributed by atoms with Crippen molar-refractivity contribution in [3.8, 4) is 22.3 Å². The topological polar surface area (TPSA) is 3.24 Å². The van der Waals surface area contributed by atoms with E-state index in [-0.39, 0.29) is 11.3 Å². The number of fused-ring (bicyclic) bond motifs is 10. The summed E-state index contributed by atoms with van der Waals surface area (Å²) in [7, 11) is 0. The van der Waals surface area contributed by atoms with Crippen molar-refractivity contribution < 1.29 is 0 Å². The van der Waals surface area contributed by atoms with E-state index in [2.05, 4.69) is 205 Å². The van der Waals surface area contributed by atoms with Crippen LogP contribution in [-0.4, -0.2) is 0 Å². The van der Waals surface area contributed by atoms with Crippen molar-refractivity contribution in [2.24, 2.45) is 29.6 Å². The first kappa shape index (κ1) is 29.3. The molecule has 5 aromatic carbocycles. The first-order valence-corrected chi connectivity index (χ1v) is 18.1. The van der Waals surface area contributed by atoms with E-state index in [1.54, 1.807) is 0 Å². The molecule has 0 N–H and O–H groups in total. The maximum atomic E-state index is 2.59. The van der Waals surface area contributed by atoms with Crippen LogP contribution >= 0.6 is 0 Å². The Kier molecular flexibility index (Phi) is 6.88.